The fraction of sp³-hybridized carbons (Fsp3) is 0.875. The van der Waals surface area contributed by atoms with Crippen molar-refractivity contribution >= 4 is 0 Å². The fourth-order valence-electron chi connectivity index (χ4n) is 3.46. The zero-order valence-corrected chi connectivity index (χ0v) is 12.8. The predicted octanol–water partition coefficient (Wildman–Crippen LogP) is 3.44. The van der Waals surface area contributed by atoms with E-state index >= 15 is 0 Å². The lowest BCUT2D eigenvalue weighted by molar-refractivity contribution is 0.0412. The van der Waals surface area contributed by atoms with Gasteiger partial charge in [0.25, 0.3) is 0 Å². The molecule has 1 fully saturated rings. The first-order valence-electron chi connectivity index (χ1n) is 7.58. The van der Waals surface area contributed by atoms with Gasteiger partial charge in [-0.3, -0.25) is 0 Å². The summed E-state index contributed by atoms with van der Waals surface area (Å²) in [5, 5.41) is 3.73. The molecule has 0 aliphatic heterocycles. The Hall–Kier alpha value is -0.340. The number of allylic oxidation sites excluding steroid dienone is 1. The van der Waals surface area contributed by atoms with Crippen molar-refractivity contribution < 1.29 is 0 Å². The summed E-state index contributed by atoms with van der Waals surface area (Å²) in [7, 11) is 4.52. The third kappa shape index (κ3) is 3.58. The molecule has 0 saturated heterocycles. The van der Waals surface area contributed by atoms with Crippen molar-refractivity contribution in [2.45, 2.75) is 64.0 Å². The molecule has 0 bridgehead atoms. The van der Waals surface area contributed by atoms with Crippen LogP contribution in [0.15, 0.2) is 12.7 Å². The fourth-order valence-corrected chi connectivity index (χ4v) is 3.46. The van der Waals surface area contributed by atoms with E-state index in [1.807, 2.05) is 0 Å². The molecule has 18 heavy (non-hydrogen) atoms. The molecule has 1 aliphatic rings. The lowest BCUT2D eigenvalue weighted by atomic mass is 9.71. The molecule has 1 aliphatic carbocycles. The second kappa shape index (κ2) is 7.30. The molecular weight excluding hydrogens is 220 g/mol. The van der Waals surface area contributed by atoms with Crippen molar-refractivity contribution in [3.05, 3.63) is 12.7 Å². The van der Waals surface area contributed by atoms with Gasteiger partial charge in [0, 0.05) is 11.6 Å². The molecule has 1 saturated carbocycles. The standard InChI is InChI=1S/C16H32N2/c1-6-8-9-15(17-7-2)16(18(4)5)12-10-14(3)11-13-16/h6,14-15,17H,1,7-13H2,2-5H3. The summed E-state index contributed by atoms with van der Waals surface area (Å²) in [6.07, 6.45) is 9.78. The molecular formula is C16H32N2. The Balaban J connectivity index is 2.81. The van der Waals surface area contributed by atoms with Gasteiger partial charge in [0.05, 0.1) is 0 Å². The van der Waals surface area contributed by atoms with Gasteiger partial charge in [-0.1, -0.05) is 19.9 Å². The molecule has 1 unspecified atom stereocenters. The van der Waals surface area contributed by atoms with E-state index in [1.165, 1.54) is 32.1 Å². The predicted molar refractivity (Wildman–Crippen MR) is 80.9 cm³/mol. The van der Waals surface area contributed by atoms with E-state index in [9.17, 15) is 0 Å². The first kappa shape index (κ1) is 15.7. The van der Waals surface area contributed by atoms with Crippen LogP contribution in [0.5, 0.6) is 0 Å². The third-order valence-electron chi connectivity index (χ3n) is 4.79. The topological polar surface area (TPSA) is 15.3 Å². The average molecular weight is 252 g/mol. The highest BCUT2D eigenvalue weighted by molar-refractivity contribution is 5.01. The Bertz CT molecular complexity index is 239. The van der Waals surface area contributed by atoms with Crippen molar-refractivity contribution in [3.8, 4) is 0 Å². The van der Waals surface area contributed by atoms with Gasteiger partial charge in [-0.2, -0.15) is 0 Å². The van der Waals surface area contributed by atoms with Crippen molar-refractivity contribution in [1.29, 1.82) is 0 Å². The highest BCUT2D eigenvalue weighted by Gasteiger charge is 2.42. The van der Waals surface area contributed by atoms with Crippen molar-refractivity contribution in [1.82, 2.24) is 10.2 Å². The van der Waals surface area contributed by atoms with Crippen LogP contribution in [0, 0.1) is 5.92 Å². The molecule has 2 nitrogen and oxygen atoms in total. The van der Waals surface area contributed by atoms with Gasteiger partial charge in [-0.05, 0) is 65.1 Å². The summed E-state index contributed by atoms with van der Waals surface area (Å²) in [6, 6.07) is 0.600. The second-order valence-electron chi connectivity index (χ2n) is 6.16. The van der Waals surface area contributed by atoms with Gasteiger partial charge in [-0.25, -0.2) is 0 Å². The molecule has 0 aromatic rings. The molecule has 1 rings (SSSR count). The van der Waals surface area contributed by atoms with E-state index in [4.69, 9.17) is 0 Å². The molecule has 106 valence electrons. The summed E-state index contributed by atoms with van der Waals surface area (Å²) in [5.74, 6) is 0.903. The van der Waals surface area contributed by atoms with Gasteiger partial charge in [0.2, 0.25) is 0 Å². The number of nitrogens with zero attached hydrogens (tertiary/aromatic N) is 1. The molecule has 0 spiro atoms. The number of hydrogen-bond acceptors (Lipinski definition) is 2. The van der Waals surface area contributed by atoms with Crippen molar-refractivity contribution in [2.24, 2.45) is 5.92 Å². The van der Waals surface area contributed by atoms with E-state index < -0.39 is 0 Å². The van der Waals surface area contributed by atoms with Crippen LogP contribution in [0.1, 0.15) is 52.4 Å². The molecule has 0 amide bonds. The van der Waals surface area contributed by atoms with E-state index in [2.05, 4.69) is 50.8 Å². The molecule has 1 N–H and O–H groups in total. The van der Waals surface area contributed by atoms with Crippen LogP contribution < -0.4 is 5.32 Å². The smallest absolute Gasteiger partial charge is 0.0356 e. The van der Waals surface area contributed by atoms with Gasteiger partial charge >= 0.3 is 0 Å². The van der Waals surface area contributed by atoms with Gasteiger partial charge in [0.15, 0.2) is 0 Å². The molecule has 2 heteroatoms. The van der Waals surface area contributed by atoms with E-state index in [-0.39, 0.29) is 0 Å². The molecule has 1 atom stereocenters. The normalized spacial score (nSPS) is 30.4. The summed E-state index contributed by atoms with van der Waals surface area (Å²) in [6.45, 7) is 9.55. The summed E-state index contributed by atoms with van der Waals surface area (Å²) < 4.78 is 0. The Labute approximate surface area is 114 Å². The Morgan fingerprint density at radius 3 is 2.44 bits per heavy atom. The van der Waals surface area contributed by atoms with Crippen LogP contribution in [-0.4, -0.2) is 37.1 Å². The highest BCUT2D eigenvalue weighted by Crippen LogP contribution is 2.39. The third-order valence-corrected chi connectivity index (χ3v) is 4.79. The second-order valence-corrected chi connectivity index (χ2v) is 6.16. The monoisotopic (exact) mass is 252 g/mol. The van der Waals surface area contributed by atoms with E-state index in [1.54, 1.807) is 0 Å². The molecule has 0 aromatic carbocycles. The molecule has 0 heterocycles. The lowest BCUT2D eigenvalue weighted by Gasteiger charge is -2.50. The summed E-state index contributed by atoms with van der Waals surface area (Å²) >= 11 is 0. The maximum absolute atomic E-state index is 3.88. The Morgan fingerprint density at radius 2 is 2.00 bits per heavy atom. The zero-order valence-electron chi connectivity index (χ0n) is 12.8. The van der Waals surface area contributed by atoms with Crippen LogP contribution in [0.2, 0.25) is 0 Å². The van der Waals surface area contributed by atoms with Crippen LogP contribution in [0.25, 0.3) is 0 Å². The van der Waals surface area contributed by atoms with Crippen LogP contribution >= 0.6 is 0 Å². The maximum Gasteiger partial charge on any atom is 0.0356 e. The van der Waals surface area contributed by atoms with Crippen molar-refractivity contribution in [2.75, 3.05) is 20.6 Å². The van der Waals surface area contributed by atoms with Gasteiger partial charge < -0.3 is 10.2 Å². The lowest BCUT2D eigenvalue weighted by Crippen LogP contribution is -2.60. The number of nitrogens with one attached hydrogen (secondary N) is 1. The summed E-state index contributed by atoms with van der Waals surface area (Å²) in [5.41, 5.74) is 0.353. The SMILES string of the molecule is C=CCCC(NCC)C1(N(C)C)CCC(C)CC1. The van der Waals surface area contributed by atoms with Gasteiger partial charge in [-0.15, -0.1) is 6.58 Å². The molecule has 0 aromatic heterocycles. The number of likely N-dealkylation sites (N-methyl/N-ethyl adjacent to an activating group) is 2. The Kier molecular flexibility index (Phi) is 6.37. The minimum absolute atomic E-state index is 0.353. The Morgan fingerprint density at radius 1 is 1.39 bits per heavy atom. The maximum atomic E-state index is 3.88. The first-order chi connectivity index (χ1) is 8.56. The van der Waals surface area contributed by atoms with Crippen LogP contribution in [0.4, 0.5) is 0 Å². The van der Waals surface area contributed by atoms with Crippen LogP contribution in [-0.2, 0) is 0 Å². The zero-order chi connectivity index (χ0) is 13.6. The van der Waals surface area contributed by atoms with E-state index in [0.29, 0.717) is 11.6 Å². The largest absolute Gasteiger partial charge is 0.312 e. The average Bonchev–Trinajstić information content (AvgIpc) is 2.35. The van der Waals surface area contributed by atoms with Crippen molar-refractivity contribution in [3.63, 3.8) is 0 Å². The number of rotatable bonds is 7. The van der Waals surface area contributed by atoms with Crippen LogP contribution in [0.3, 0.4) is 0 Å². The highest BCUT2D eigenvalue weighted by atomic mass is 15.2. The minimum Gasteiger partial charge on any atom is -0.312 e. The quantitative estimate of drug-likeness (QED) is 0.698. The van der Waals surface area contributed by atoms with E-state index in [0.717, 1.165) is 18.9 Å². The van der Waals surface area contributed by atoms with Gasteiger partial charge in [0.1, 0.15) is 0 Å². The number of hydrogen-bond donors (Lipinski definition) is 1. The minimum atomic E-state index is 0.353. The summed E-state index contributed by atoms with van der Waals surface area (Å²) in [4.78, 5) is 2.48. The first-order valence-corrected chi connectivity index (χ1v) is 7.58. The molecule has 0 radical (unpaired) electrons.